The Morgan fingerprint density at radius 1 is 1.53 bits per heavy atom. The van der Waals surface area contributed by atoms with Crippen LogP contribution < -0.4 is 0 Å². The first-order valence-corrected chi connectivity index (χ1v) is 7.50. The molecule has 1 heterocycles. The molecule has 0 amide bonds. The van der Waals surface area contributed by atoms with E-state index in [0.717, 1.165) is 0 Å². The van der Waals surface area contributed by atoms with Crippen LogP contribution in [0, 0.1) is 3.70 Å². The Kier molecular flexibility index (Phi) is 4.29. The van der Waals surface area contributed by atoms with E-state index in [1.165, 1.54) is 6.07 Å². The lowest BCUT2D eigenvalue weighted by atomic mass is 10.3. The van der Waals surface area contributed by atoms with Gasteiger partial charge in [0, 0.05) is 15.2 Å². The van der Waals surface area contributed by atoms with Gasteiger partial charge in [-0.25, -0.2) is 22.2 Å². The molecule has 0 aliphatic heterocycles. The van der Waals surface area contributed by atoms with E-state index < -0.39 is 26.1 Å². The first-order chi connectivity index (χ1) is 6.73. The molecule has 0 radical (unpaired) electrons. The van der Waals surface area contributed by atoms with Crippen molar-refractivity contribution in [2.24, 2.45) is 0 Å². The van der Waals surface area contributed by atoms with Crippen LogP contribution in [0.2, 0.25) is 0 Å². The molecule has 0 aromatic carbocycles. The molecular weight excluding hydrogens is 430 g/mol. The molecule has 15 heavy (non-hydrogen) atoms. The molecule has 3 nitrogen and oxygen atoms in total. The van der Waals surface area contributed by atoms with Gasteiger partial charge >= 0.3 is 0 Å². The summed E-state index contributed by atoms with van der Waals surface area (Å²) in [5, 5.41) is 0. The summed E-state index contributed by atoms with van der Waals surface area (Å²) in [5.41, 5.74) is -0.844. The second kappa shape index (κ2) is 4.76. The van der Waals surface area contributed by atoms with E-state index in [1.54, 1.807) is 22.6 Å². The first-order valence-electron chi connectivity index (χ1n) is 3.32. The maximum atomic E-state index is 12.5. The quantitative estimate of drug-likeness (QED) is 0.409. The molecule has 0 saturated heterocycles. The minimum atomic E-state index is -4.25. The summed E-state index contributed by atoms with van der Waals surface area (Å²) in [5.74, 6) is 0. The highest BCUT2D eigenvalue weighted by Gasteiger charge is 2.26. The van der Waals surface area contributed by atoms with Gasteiger partial charge in [0.25, 0.3) is 15.5 Å². The van der Waals surface area contributed by atoms with Crippen LogP contribution in [0.3, 0.4) is 0 Å². The standard InChI is InChI=1S/C6H2BrClF2INO2S/c7-2-1-3(11)12-4(6(9)10)5(2)15(8,13)14/h1,6H. The second-order valence-corrected chi connectivity index (χ2v) is 6.84. The SMILES string of the molecule is O=S(=O)(Cl)c1c(Br)cc(I)nc1C(F)F. The van der Waals surface area contributed by atoms with E-state index in [-0.39, 0.29) is 8.17 Å². The third kappa shape index (κ3) is 3.21. The van der Waals surface area contributed by atoms with E-state index in [0.29, 0.717) is 0 Å². The van der Waals surface area contributed by atoms with Gasteiger partial charge in [0.05, 0.1) is 0 Å². The molecule has 84 valence electrons. The summed E-state index contributed by atoms with van der Waals surface area (Å²) in [6, 6.07) is 1.29. The Balaban J connectivity index is 3.62. The van der Waals surface area contributed by atoms with E-state index in [9.17, 15) is 17.2 Å². The lowest BCUT2D eigenvalue weighted by molar-refractivity contribution is 0.142. The molecule has 0 unspecified atom stereocenters. The van der Waals surface area contributed by atoms with Gasteiger partial charge in [-0.1, -0.05) is 0 Å². The van der Waals surface area contributed by atoms with Gasteiger partial charge in [-0.05, 0) is 44.6 Å². The largest absolute Gasteiger partial charge is 0.281 e. The summed E-state index contributed by atoms with van der Waals surface area (Å²) < 4.78 is 47.3. The molecule has 1 rings (SSSR count). The summed E-state index contributed by atoms with van der Waals surface area (Å²) in [4.78, 5) is 2.76. The number of hydrogen-bond acceptors (Lipinski definition) is 3. The zero-order valence-corrected chi connectivity index (χ0v) is 12.0. The van der Waals surface area contributed by atoms with Crippen LogP contribution in [0.5, 0.6) is 0 Å². The number of alkyl halides is 2. The summed E-state index contributed by atoms with van der Waals surface area (Å²) in [6.07, 6.45) is -3.00. The predicted octanol–water partition coefficient (Wildman–Crippen LogP) is 3.31. The van der Waals surface area contributed by atoms with Crippen LogP contribution in [0.15, 0.2) is 15.4 Å². The molecule has 0 aliphatic rings. The molecular formula is C6H2BrClF2INO2S. The van der Waals surface area contributed by atoms with Gasteiger partial charge in [0.15, 0.2) is 0 Å². The average molecular weight is 432 g/mol. The zero-order valence-electron chi connectivity index (χ0n) is 6.72. The van der Waals surface area contributed by atoms with E-state index >= 15 is 0 Å². The Bertz CT molecular complexity index is 496. The van der Waals surface area contributed by atoms with Gasteiger partial charge in [-0.15, -0.1) is 0 Å². The first kappa shape index (κ1) is 13.5. The summed E-state index contributed by atoms with van der Waals surface area (Å²) in [6.45, 7) is 0. The molecule has 0 bridgehead atoms. The van der Waals surface area contributed by atoms with Crippen molar-refractivity contribution in [1.29, 1.82) is 0 Å². The number of aromatic nitrogens is 1. The van der Waals surface area contributed by atoms with Crippen molar-refractivity contribution in [3.63, 3.8) is 0 Å². The Morgan fingerprint density at radius 3 is 2.47 bits per heavy atom. The Morgan fingerprint density at radius 2 is 2.07 bits per heavy atom. The molecule has 0 aliphatic carbocycles. The monoisotopic (exact) mass is 431 g/mol. The summed E-state index contributed by atoms with van der Waals surface area (Å²) >= 11 is 4.56. The molecule has 0 saturated carbocycles. The normalized spacial score (nSPS) is 12.1. The average Bonchev–Trinajstić information content (AvgIpc) is 1.99. The van der Waals surface area contributed by atoms with Gasteiger partial charge in [-0.2, -0.15) is 0 Å². The van der Waals surface area contributed by atoms with Crippen molar-refractivity contribution in [2.45, 2.75) is 11.3 Å². The van der Waals surface area contributed by atoms with E-state index in [1.807, 2.05) is 0 Å². The van der Waals surface area contributed by atoms with Crippen molar-refractivity contribution in [1.82, 2.24) is 4.98 Å². The zero-order chi connectivity index (χ0) is 11.8. The fourth-order valence-corrected chi connectivity index (χ4v) is 4.38. The maximum Gasteiger partial charge on any atom is 0.281 e. The molecule has 0 N–H and O–H groups in total. The fraction of sp³-hybridized carbons (Fsp3) is 0.167. The van der Waals surface area contributed by atoms with E-state index in [4.69, 9.17) is 10.7 Å². The fourth-order valence-electron chi connectivity index (χ4n) is 0.880. The molecule has 1 aromatic heterocycles. The molecule has 0 spiro atoms. The highest BCUT2D eigenvalue weighted by Crippen LogP contribution is 2.33. The van der Waals surface area contributed by atoms with Crippen LogP contribution in [0.25, 0.3) is 0 Å². The van der Waals surface area contributed by atoms with Crippen LogP contribution in [-0.4, -0.2) is 13.4 Å². The number of nitrogens with zero attached hydrogens (tertiary/aromatic N) is 1. The topological polar surface area (TPSA) is 47.0 Å². The van der Waals surface area contributed by atoms with Crippen molar-refractivity contribution >= 4 is 58.3 Å². The Hall–Kier alpha value is 0.460. The van der Waals surface area contributed by atoms with Crippen molar-refractivity contribution < 1.29 is 17.2 Å². The number of hydrogen-bond donors (Lipinski definition) is 0. The molecule has 0 fully saturated rings. The van der Waals surface area contributed by atoms with Crippen LogP contribution >= 0.6 is 49.2 Å². The van der Waals surface area contributed by atoms with Gasteiger partial charge in [0.1, 0.15) is 14.3 Å². The second-order valence-electron chi connectivity index (χ2n) is 2.38. The molecule has 9 heteroatoms. The van der Waals surface area contributed by atoms with Crippen LogP contribution in [-0.2, 0) is 9.05 Å². The van der Waals surface area contributed by atoms with Crippen molar-refractivity contribution in [2.75, 3.05) is 0 Å². The van der Waals surface area contributed by atoms with Gasteiger partial charge in [0.2, 0.25) is 0 Å². The molecule has 0 atom stereocenters. The number of halogens is 5. The maximum absolute atomic E-state index is 12.5. The predicted molar refractivity (Wildman–Crippen MR) is 62.6 cm³/mol. The van der Waals surface area contributed by atoms with Gasteiger partial charge in [-0.3, -0.25) is 0 Å². The summed E-state index contributed by atoms with van der Waals surface area (Å²) in [7, 11) is 0.785. The Labute approximate surface area is 111 Å². The lowest BCUT2D eigenvalue weighted by Crippen LogP contribution is -2.04. The third-order valence-electron chi connectivity index (χ3n) is 1.37. The van der Waals surface area contributed by atoms with Gasteiger partial charge < -0.3 is 0 Å². The number of pyridine rings is 1. The lowest BCUT2D eigenvalue weighted by Gasteiger charge is -2.07. The smallest absolute Gasteiger partial charge is 0.239 e. The third-order valence-corrected chi connectivity index (χ3v) is 4.19. The number of rotatable bonds is 2. The minimum Gasteiger partial charge on any atom is -0.239 e. The van der Waals surface area contributed by atoms with Crippen molar-refractivity contribution in [3.8, 4) is 0 Å². The van der Waals surface area contributed by atoms with Crippen LogP contribution in [0.1, 0.15) is 12.1 Å². The highest BCUT2D eigenvalue weighted by molar-refractivity contribution is 14.1. The highest BCUT2D eigenvalue weighted by atomic mass is 127. The van der Waals surface area contributed by atoms with Crippen LogP contribution in [0.4, 0.5) is 8.78 Å². The molecule has 1 aromatic rings. The minimum absolute atomic E-state index is 0.0211. The van der Waals surface area contributed by atoms with Crippen molar-refractivity contribution in [3.05, 3.63) is 19.9 Å². The van der Waals surface area contributed by atoms with E-state index in [2.05, 4.69) is 20.9 Å².